The van der Waals surface area contributed by atoms with Gasteiger partial charge in [0.1, 0.15) is 23.8 Å². The molecular weight excluding hydrogens is 360 g/mol. The lowest BCUT2D eigenvalue weighted by molar-refractivity contribution is -0.750. The molecule has 5 rings (SSSR count). The first-order valence-corrected chi connectivity index (χ1v) is 9.58. The summed E-state index contributed by atoms with van der Waals surface area (Å²) in [4.78, 5) is 9.17. The molecule has 3 aliphatic rings. The van der Waals surface area contributed by atoms with Crippen molar-refractivity contribution in [1.29, 1.82) is 0 Å². The zero-order valence-corrected chi connectivity index (χ0v) is 16.1. The highest BCUT2D eigenvalue weighted by atomic mass is 16.5. The van der Waals surface area contributed by atoms with Gasteiger partial charge in [-0.05, 0) is 30.7 Å². The van der Waals surface area contributed by atoms with Crippen LogP contribution >= 0.6 is 0 Å². The van der Waals surface area contributed by atoms with Gasteiger partial charge in [-0.15, -0.1) is 4.59 Å². The zero-order valence-electron chi connectivity index (χ0n) is 16.1. The van der Waals surface area contributed by atoms with Gasteiger partial charge >= 0.3 is 0 Å². The highest BCUT2D eigenvalue weighted by molar-refractivity contribution is 6.01. The van der Waals surface area contributed by atoms with E-state index in [0.29, 0.717) is 0 Å². The number of aliphatic imine (C=N–C) groups is 2. The Hall–Kier alpha value is -3.54. The maximum Gasteiger partial charge on any atom is 0.265 e. The number of rotatable bonds is 5. The van der Waals surface area contributed by atoms with Crippen LogP contribution in [0.5, 0.6) is 5.75 Å². The molecule has 0 saturated carbocycles. The monoisotopic (exact) mass is 381 g/mol. The second-order valence-electron chi connectivity index (χ2n) is 7.20. The van der Waals surface area contributed by atoms with Gasteiger partial charge in [-0.25, -0.2) is 0 Å². The summed E-state index contributed by atoms with van der Waals surface area (Å²) < 4.78 is 6.19. The predicted octanol–water partition coefficient (Wildman–Crippen LogP) is 4.54. The number of nitrogens with two attached hydrogens (primary N) is 1. The Bertz CT molecular complexity index is 1150. The van der Waals surface area contributed by atoms with E-state index in [1.54, 1.807) is 12.4 Å². The molecule has 0 amide bonds. The van der Waals surface area contributed by atoms with Crippen molar-refractivity contribution in [3.05, 3.63) is 113 Å². The summed E-state index contributed by atoms with van der Waals surface area (Å²) in [5.41, 5.74) is 4.84. The Kier molecular flexibility index (Phi) is 4.12. The standard InChI is InChI=1S/C24H21N4O/c1-17(18-7-3-2-4-8-18)29-21-12-6-11-20(15-21)24-27-23(19-9-5-10-19)22-16-26-13-14-28(22,24)25/h2-17H,25H2,1H3/q+1. The van der Waals surface area contributed by atoms with Crippen LogP contribution in [0.25, 0.3) is 0 Å². The van der Waals surface area contributed by atoms with E-state index in [9.17, 15) is 0 Å². The molecule has 29 heavy (non-hydrogen) atoms. The van der Waals surface area contributed by atoms with E-state index >= 15 is 0 Å². The summed E-state index contributed by atoms with van der Waals surface area (Å²) in [6.45, 7) is 2.04. The second kappa shape index (κ2) is 6.81. The average Bonchev–Trinajstić information content (AvgIpc) is 3.00. The summed E-state index contributed by atoms with van der Waals surface area (Å²) in [5, 5.41) is 0. The molecule has 2 unspecified atom stereocenters. The first-order valence-electron chi connectivity index (χ1n) is 9.58. The van der Waals surface area contributed by atoms with Gasteiger partial charge in [0.05, 0.1) is 18.0 Å². The molecule has 0 fully saturated rings. The molecule has 142 valence electrons. The molecular formula is C24H21N4O+. The summed E-state index contributed by atoms with van der Waals surface area (Å²) in [7, 11) is 0. The van der Waals surface area contributed by atoms with Crippen molar-refractivity contribution in [1.82, 2.24) is 0 Å². The third-order valence-corrected chi connectivity index (χ3v) is 5.29. The van der Waals surface area contributed by atoms with E-state index < -0.39 is 0 Å². The SMILES string of the molecule is CC(Oc1cccc(C2=NC(C3=CC=C3)=C3C=NC=C[N+]23N)c1)c1ccccc1. The quantitative estimate of drug-likeness (QED) is 0.610. The Morgan fingerprint density at radius 2 is 1.90 bits per heavy atom. The summed E-state index contributed by atoms with van der Waals surface area (Å²) >= 11 is 0. The Balaban J connectivity index is 1.48. The van der Waals surface area contributed by atoms with Gasteiger partial charge in [0.2, 0.25) is 5.70 Å². The van der Waals surface area contributed by atoms with Gasteiger partial charge in [-0.3, -0.25) is 4.99 Å². The second-order valence-corrected chi connectivity index (χ2v) is 7.20. The lowest BCUT2D eigenvalue weighted by Crippen LogP contribution is -2.53. The van der Waals surface area contributed by atoms with E-state index in [4.69, 9.17) is 15.6 Å². The van der Waals surface area contributed by atoms with Crippen LogP contribution in [0.4, 0.5) is 0 Å². The van der Waals surface area contributed by atoms with Crippen LogP contribution in [0.1, 0.15) is 24.2 Å². The summed E-state index contributed by atoms with van der Waals surface area (Å²) in [5.74, 6) is 8.29. The summed E-state index contributed by atoms with van der Waals surface area (Å²) in [6, 6.07) is 18.1. The number of benzene rings is 2. The van der Waals surface area contributed by atoms with Crippen LogP contribution in [-0.4, -0.2) is 16.6 Å². The number of ether oxygens (including phenoxy) is 1. The van der Waals surface area contributed by atoms with Crippen LogP contribution in [0.2, 0.25) is 0 Å². The minimum atomic E-state index is -0.0606. The molecule has 5 nitrogen and oxygen atoms in total. The molecule has 0 bridgehead atoms. The van der Waals surface area contributed by atoms with Crippen LogP contribution in [-0.2, 0) is 0 Å². The largest absolute Gasteiger partial charge is 0.486 e. The molecule has 0 radical (unpaired) electrons. The minimum absolute atomic E-state index is 0.00169. The van der Waals surface area contributed by atoms with E-state index in [2.05, 4.69) is 17.1 Å². The number of amidine groups is 1. The fourth-order valence-electron chi connectivity index (χ4n) is 3.65. The van der Waals surface area contributed by atoms with Gasteiger partial charge in [0.15, 0.2) is 0 Å². The fraction of sp³-hybridized carbons (Fsp3) is 0.0833. The van der Waals surface area contributed by atoms with Crippen LogP contribution in [0, 0.1) is 0 Å². The van der Waals surface area contributed by atoms with Gasteiger partial charge in [0.25, 0.3) is 5.84 Å². The fourth-order valence-corrected chi connectivity index (χ4v) is 3.65. The Morgan fingerprint density at radius 3 is 2.66 bits per heavy atom. The topological polar surface area (TPSA) is 60.0 Å². The van der Waals surface area contributed by atoms with E-state index in [0.717, 1.165) is 39.7 Å². The zero-order chi connectivity index (χ0) is 19.8. The summed E-state index contributed by atoms with van der Waals surface area (Å²) in [6.07, 6.45) is 11.4. The first-order chi connectivity index (χ1) is 14.1. The molecule has 1 aliphatic carbocycles. The van der Waals surface area contributed by atoms with E-state index in [-0.39, 0.29) is 10.7 Å². The number of fused-ring (bicyclic) bond motifs is 1. The smallest absolute Gasteiger partial charge is 0.265 e. The maximum atomic E-state index is 6.77. The molecule has 2 N–H and O–H groups in total. The van der Waals surface area contributed by atoms with Gasteiger partial charge in [0, 0.05) is 5.57 Å². The molecule has 2 heterocycles. The van der Waals surface area contributed by atoms with Gasteiger partial charge < -0.3 is 4.74 Å². The van der Waals surface area contributed by atoms with Crippen LogP contribution < -0.4 is 10.6 Å². The molecule has 2 aromatic carbocycles. The molecule has 0 spiro atoms. The third kappa shape index (κ3) is 2.97. The van der Waals surface area contributed by atoms with Gasteiger partial charge in [-0.2, -0.15) is 10.8 Å². The number of hydrogen-bond donors (Lipinski definition) is 1. The van der Waals surface area contributed by atoms with Crippen molar-refractivity contribution in [2.75, 3.05) is 0 Å². The molecule has 2 aromatic rings. The molecule has 0 saturated heterocycles. The van der Waals surface area contributed by atoms with Crippen LogP contribution in [0.3, 0.4) is 0 Å². The van der Waals surface area contributed by atoms with Gasteiger partial charge in [-0.1, -0.05) is 54.6 Å². The highest BCUT2D eigenvalue weighted by Gasteiger charge is 2.44. The predicted molar refractivity (Wildman–Crippen MR) is 115 cm³/mol. The minimum Gasteiger partial charge on any atom is -0.486 e. The number of allylic oxidation sites excluding steroid dienone is 4. The molecule has 5 heteroatoms. The lowest BCUT2D eigenvalue weighted by atomic mass is 10.0. The molecule has 2 atom stereocenters. The van der Waals surface area contributed by atoms with E-state index in [1.165, 1.54) is 0 Å². The van der Waals surface area contributed by atoms with Crippen molar-refractivity contribution in [2.24, 2.45) is 15.8 Å². The van der Waals surface area contributed by atoms with Crippen molar-refractivity contribution in [3.63, 3.8) is 0 Å². The van der Waals surface area contributed by atoms with Crippen molar-refractivity contribution in [2.45, 2.75) is 13.0 Å². The number of nitrogens with zero attached hydrogens (tertiary/aromatic N) is 3. The molecule has 0 aromatic heterocycles. The van der Waals surface area contributed by atoms with Crippen molar-refractivity contribution < 1.29 is 9.33 Å². The van der Waals surface area contributed by atoms with Crippen molar-refractivity contribution >= 4 is 12.1 Å². The lowest BCUT2D eigenvalue weighted by Gasteiger charge is -2.26. The number of hydrogen-bond acceptors (Lipinski definition) is 4. The van der Waals surface area contributed by atoms with E-state index in [1.807, 2.05) is 73.8 Å². The Morgan fingerprint density at radius 1 is 1.07 bits per heavy atom. The third-order valence-electron chi connectivity index (χ3n) is 5.29. The van der Waals surface area contributed by atoms with Crippen molar-refractivity contribution in [3.8, 4) is 5.75 Å². The highest BCUT2D eigenvalue weighted by Crippen LogP contribution is 2.36. The van der Waals surface area contributed by atoms with Crippen LogP contribution in [0.15, 0.2) is 112 Å². The maximum absolute atomic E-state index is 6.77. The molecule has 2 aliphatic heterocycles. The Labute approximate surface area is 169 Å². The normalized spacial score (nSPS) is 22.7. The first kappa shape index (κ1) is 17.6. The number of quaternary nitrogens is 1. The average molecular weight is 381 g/mol.